The number of amides is 3. The van der Waals surface area contributed by atoms with Gasteiger partial charge in [-0.3, -0.25) is 10.1 Å². The summed E-state index contributed by atoms with van der Waals surface area (Å²) < 4.78 is 0. The third-order valence-electron chi connectivity index (χ3n) is 0.682. The van der Waals surface area contributed by atoms with Crippen molar-refractivity contribution < 1.29 is 9.59 Å². The van der Waals surface area contributed by atoms with Gasteiger partial charge in [0, 0.05) is 6.20 Å². The first-order chi connectivity index (χ1) is 4.66. The Bertz CT molecular complexity index is 159. The number of nitrogens with one attached hydrogen (secondary N) is 2. The molecule has 0 fully saturated rings. The van der Waals surface area contributed by atoms with E-state index in [9.17, 15) is 9.59 Å². The Morgan fingerprint density at radius 3 is 2.30 bits per heavy atom. The molecule has 0 aliphatic carbocycles. The quantitative estimate of drug-likeness (QED) is 0.547. The number of allylic oxidation sites excluding steroid dienone is 1. The fraction of sp³-hybridized carbons (Fsp3) is 0.333. The van der Waals surface area contributed by atoms with Crippen molar-refractivity contribution in [3.05, 3.63) is 11.8 Å². The van der Waals surface area contributed by atoms with E-state index < -0.39 is 6.03 Å². The van der Waals surface area contributed by atoms with Crippen LogP contribution in [-0.2, 0) is 4.79 Å². The molecule has 4 nitrogen and oxygen atoms in total. The van der Waals surface area contributed by atoms with Crippen molar-refractivity contribution in [1.82, 2.24) is 10.6 Å². The van der Waals surface area contributed by atoms with Crippen LogP contribution in [0.25, 0.3) is 0 Å². The molecule has 0 aliphatic rings. The molecule has 0 aliphatic heterocycles. The zero-order chi connectivity index (χ0) is 7.98. The lowest BCUT2D eigenvalue weighted by molar-refractivity contribution is -0.108. The minimum absolute atomic E-state index is 0.328. The average molecular weight is 142 g/mol. The van der Waals surface area contributed by atoms with Gasteiger partial charge >= 0.3 is 6.03 Å². The second-order valence-electron chi connectivity index (χ2n) is 1.96. The third kappa shape index (κ3) is 4.83. The predicted molar refractivity (Wildman–Crippen MR) is 37.2 cm³/mol. The molecule has 0 unspecified atom stereocenters. The molecule has 0 saturated carbocycles. The molecule has 56 valence electrons. The number of imide groups is 1. The van der Waals surface area contributed by atoms with E-state index in [0.717, 1.165) is 5.57 Å². The van der Waals surface area contributed by atoms with Crippen LogP contribution in [0.15, 0.2) is 11.8 Å². The van der Waals surface area contributed by atoms with Crippen molar-refractivity contribution in [2.45, 2.75) is 13.8 Å². The zero-order valence-corrected chi connectivity index (χ0v) is 5.97. The summed E-state index contributed by atoms with van der Waals surface area (Å²) in [5.74, 6) is 0. The Hall–Kier alpha value is -1.32. The van der Waals surface area contributed by atoms with E-state index >= 15 is 0 Å². The second kappa shape index (κ2) is 4.55. The first kappa shape index (κ1) is 8.68. The van der Waals surface area contributed by atoms with Crippen LogP contribution < -0.4 is 10.6 Å². The van der Waals surface area contributed by atoms with Crippen LogP contribution in [0, 0.1) is 0 Å². The fourth-order valence-corrected chi connectivity index (χ4v) is 0.305. The fourth-order valence-electron chi connectivity index (χ4n) is 0.305. The normalized spacial score (nSPS) is 7.80. The van der Waals surface area contributed by atoms with Gasteiger partial charge in [0.1, 0.15) is 0 Å². The smallest absolute Gasteiger partial charge is 0.314 e. The standard InChI is InChI=1S/C6H10N2O2/c1-5(2)3-7-6(10)8-4-9/h3-4H,1-2H3,(H2,7,8,9,10). The number of rotatable bonds is 2. The Morgan fingerprint density at radius 2 is 1.90 bits per heavy atom. The molecule has 0 bridgehead atoms. The number of carbonyl (C=O) groups is 2. The molecule has 0 heterocycles. The van der Waals surface area contributed by atoms with Crippen molar-refractivity contribution in [3.63, 3.8) is 0 Å². The highest BCUT2D eigenvalue weighted by Crippen LogP contribution is 1.82. The molecule has 10 heavy (non-hydrogen) atoms. The van der Waals surface area contributed by atoms with Gasteiger partial charge in [-0.15, -0.1) is 0 Å². The summed E-state index contributed by atoms with van der Waals surface area (Å²) in [6, 6.07) is -0.517. The Morgan fingerprint density at radius 1 is 1.30 bits per heavy atom. The number of hydrogen-bond donors (Lipinski definition) is 2. The highest BCUT2D eigenvalue weighted by atomic mass is 16.2. The van der Waals surface area contributed by atoms with Gasteiger partial charge in [0.05, 0.1) is 0 Å². The minimum atomic E-state index is -0.517. The maximum Gasteiger partial charge on any atom is 0.325 e. The summed E-state index contributed by atoms with van der Waals surface area (Å²) in [6.45, 7) is 3.67. The maximum atomic E-state index is 10.4. The van der Waals surface area contributed by atoms with E-state index in [-0.39, 0.29) is 0 Å². The van der Waals surface area contributed by atoms with Gasteiger partial charge in [0.2, 0.25) is 6.41 Å². The van der Waals surface area contributed by atoms with Gasteiger partial charge in [-0.05, 0) is 13.8 Å². The van der Waals surface area contributed by atoms with Crippen molar-refractivity contribution in [2.24, 2.45) is 0 Å². The van der Waals surface area contributed by atoms with E-state index in [4.69, 9.17) is 0 Å². The molecule has 0 aromatic rings. The maximum absolute atomic E-state index is 10.4. The summed E-state index contributed by atoms with van der Waals surface area (Å²) in [7, 11) is 0. The monoisotopic (exact) mass is 142 g/mol. The molecule has 4 heteroatoms. The van der Waals surface area contributed by atoms with Gasteiger partial charge in [-0.2, -0.15) is 0 Å². The van der Waals surface area contributed by atoms with Gasteiger partial charge < -0.3 is 5.32 Å². The second-order valence-corrected chi connectivity index (χ2v) is 1.96. The molecule has 0 spiro atoms. The molecule has 0 rings (SSSR count). The minimum Gasteiger partial charge on any atom is -0.314 e. The summed E-state index contributed by atoms with van der Waals surface area (Å²) in [5.41, 5.74) is 0.959. The number of carbonyl (C=O) groups excluding carboxylic acids is 2. The lowest BCUT2D eigenvalue weighted by Crippen LogP contribution is -2.30. The lowest BCUT2D eigenvalue weighted by atomic mass is 10.4. The molecular weight excluding hydrogens is 132 g/mol. The van der Waals surface area contributed by atoms with Crippen molar-refractivity contribution in [3.8, 4) is 0 Å². The summed E-state index contributed by atoms with van der Waals surface area (Å²) in [4.78, 5) is 20.1. The van der Waals surface area contributed by atoms with Gasteiger partial charge in [-0.1, -0.05) is 5.57 Å². The largest absolute Gasteiger partial charge is 0.325 e. The van der Waals surface area contributed by atoms with Crippen LogP contribution in [0.5, 0.6) is 0 Å². The van der Waals surface area contributed by atoms with E-state index in [1.54, 1.807) is 0 Å². The van der Waals surface area contributed by atoms with E-state index in [2.05, 4.69) is 5.32 Å². The first-order valence-electron chi connectivity index (χ1n) is 2.81. The molecule has 0 atom stereocenters. The van der Waals surface area contributed by atoms with E-state index in [0.29, 0.717) is 6.41 Å². The Kier molecular flexibility index (Phi) is 3.95. The van der Waals surface area contributed by atoms with Crippen LogP contribution >= 0.6 is 0 Å². The molecule has 0 aromatic carbocycles. The van der Waals surface area contributed by atoms with E-state index in [1.165, 1.54) is 6.20 Å². The SMILES string of the molecule is CC(C)=CNC(=O)NC=O. The predicted octanol–water partition coefficient (Wildman–Crippen LogP) is 0.366. The van der Waals surface area contributed by atoms with Crippen molar-refractivity contribution in [2.75, 3.05) is 0 Å². The molecule has 0 saturated heterocycles. The topological polar surface area (TPSA) is 58.2 Å². The summed E-state index contributed by atoms with van der Waals surface area (Å²) >= 11 is 0. The number of urea groups is 1. The zero-order valence-electron chi connectivity index (χ0n) is 5.97. The number of hydrogen-bond acceptors (Lipinski definition) is 2. The highest BCUT2D eigenvalue weighted by molar-refractivity contribution is 5.84. The first-order valence-corrected chi connectivity index (χ1v) is 2.81. The average Bonchev–Trinajstić information content (AvgIpc) is 1.85. The Labute approximate surface area is 59.3 Å². The van der Waals surface area contributed by atoms with Gasteiger partial charge in [0.15, 0.2) is 0 Å². The molecule has 2 N–H and O–H groups in total. The summed E-state index contributed by atoms with van der Waals surface area (Å²) in [5, 5.41) is 4.27. The van der Waals surface area contributed by atoms with Crippen LogP contribution in [-0.4, -0.2) is 12.4 Å². The Balaban J connectivity index is 3.59. The molecule has 3 amide bonds. The highest BCUT2D eigenvalue weighted by Gasteiger charge is 1.91. The summed E-state index contributed by atoms with van der Waals surface area (Å²) in [6.07, 6.45) is 1.84. The van der Waals surface area contributed by atoms with Crippen LogP contribution in [0.1, 0.15) is 13.8 Å². The lowest BCUT2D eigenvalue weighted by Gasteiger charge is -1.95. The molecule has 0 radical (unpaired) electrons. The van der Waals surface area contributed by atoms with Gasteiger partial charge in [0.25, 0.3) is 0 Å². The van der Waals surface area contributed by atoms with Crippen LogP contribution in [0.3, 0.4) is 0 Å². The van der Waals surface area contributed by atoms with Gasteiger partial charge in [-0.25, -0.2) is 4.79 Å². The molecular formula is C6H10N2O2. The van der Waals surface area contributed by atoms with Crippen molar-refractivity contribution in [1.29, 1.82) is 0 Å². The van der Waals surface area contributed by atoms with E-state index in [1.807, 2.05) is 19.2 Å². The molecule has 0 aromatic heterocycles. The third-order valence-corrected chi connectivity index (χ3v) is 0.682. The van der Waals surface area contributed by atoms with Crippen LogP contribution in [0.4, 0.5) is 4.79 Å². The van der Waals surface area contributed by atoms with Crippen molar-refractivity contribution >= 4 is 12.4 Å². The van der Waals surface area contributed by atoms with Crippen LogP contribution in [0.2, 0.25) is 0 Å².